The molecule has 1 N–H and O–H groups in total. The van der Waals surface area contributed by atoms with Crippen molar-refractivity contribution < 1.29 is 0 Å². The summed E-state index contributed by atoms with van der Waals surface area (Å²) in [6.45, 7) is 6.43. The molecule has 0 aromatic carbocycles. The van der Waals surface area contributed by atoms with Crippen molar-refractivity contribution in [2.75, 3.05) is 19.6 Å². The third-order valence-corrected chi connectivity index (χ3v) is 5.35. The minimum atomic E-state index is 0.822. The fourth-order valence-corrected chi connectivity index (χ4v) is 3.86. The van der Waals surface area contributed by atoms with Crippen molar-refractivity contribution >= 4 is 0 Å². The molecular weight excluding hydrogens is 220 g/mol. The maximum absolute atomic E-state index is 3.79. The highest BCUT2D eigenvalue weighted by Gasteiger charge is 2.29. The van der Waals surface area contributed by atoms with E-state index in [4.69, 9.17) is 0 Å². The third kappa shape index (κ3) is 3.48. The largest absolute Gasteiger partial charge is 0.314 e. The molecule has 3 fully saturated rings. The van der Waals surface area contributed by atoms with Gasteiger partial charge in [-0.2, -0.15) is 0 Å². The van der Waals surface area contributed by atoms with Gasteiger partial charge in [0.05, 0.1) is 0 Å². The monoisotopic (exact) mass is 250 g/mol. The van der Waals surface area contributed by atoms with Crippen molar-refractivity contribution in [3.63, 3.8) is 0 Å². The van der Waals surface area contributed by atoms with Crippen LogP contribution < -0.4 is 5.32 Å². The van der Waals surface area contributed by atoms with Crippen LogP contribution in [0.25, 0.3) is 0 Å². The Balaban J connectivity index is 1.38. The van der Waals surface area contributed by atoms with Crippen molar-refractivity contribution in [1.29, 1.82) is 0 Å². The normalized spacial score (nSPS) is 35.8. The number of hydrogen-bond acceptors (Lipinski definition) is 2. The van der Waals surface area contributed by atoms with Crippen LogP contribution in [0.5, 0.6) is 0 Å². The van der Waals surface area contributed by atoms with Crippen molar-refractivity contribution in [1.82, 2.24) is 10.2 Å². The second-order valence-corrected chi connectivity index (χ2v) is 7.09. The quantitative estimate of drug-likeness (QED) is 0.825. The Morgan fingerprint density at radius 2 is 1.78 bits per heavy atom. The number of hydrogen-bond donors (Lipinski definition) is 1. The van der Waals surface area contributed by atoms with Gasteiger partial charge in [0.15, 0.2) is 0 Å². The molecule has 0 aromatic heterocycles. The molecule has 2 heteroatoms. The van der Waals surface area contributed by atoms with E-state index in [1.807, 2.05) is 0 Å². The maximum atomic E-state index is 3.79. The van der Waals surface area contributed by atoms with Crippen LogP contribution in [0.15, 0.2) is 0 Å². The van der Waals surface area contributed by atoms with Gasteiger partial charge in [-0.25, -0.2) is 0 Å². The summed E-state index contributed by atoms with van der Waals surface area (Å²) >= 11 is 0. The van der Waals surface area contributed by atoms with E-state index in [-0.39, 0.29) is 0 Å². The number of rotatable bonds is 4. The van der Waals surface area contributed by atoms with Crippen molar-refractivity contribution in [3.05, 3.63) is 0 Å². The molecule has 2 unspecified atom stereocenters. The standard InChI is InChI=1S/C16H30N2/c1-13-3-2-4-16(11-13)18-9-7-15(8-10-18)17-12-14-5-6-14/h13-17H,2-12H2,1H3. The molecule has 2 nitrogen and oxygen atoms in total. The first-order valence-corrected chi connectivity index (χ1v) is 8.28. The fourth-order valence-electron chi connectivity index (χ4n) is 3.86. The number of likely N-dealkylation sites (tertiary alicyclic amines) is 1. The number of nitrogens with zero attached hydrogens (tertiary/aromatic N) is 1. The van der Waals surface area contributed by atoms with Crippen LogP contribution in [0.2, 0.25) is 0 Å². The molecule has 0 aromatic rings. The number of piperidine rings is 1. The van der Waals surface area contributed by atoms with Gasteiger partial charge in [0.25, 0.3) is 0 Å². The summed E-state index contributed by atoms with van der Waals surface area (Å²) in [4.78, 5) is 2.80. The van der Waals surface area contributed by atoms with Gasteiger partial charge in [0.1, 0.15) is 0 Å². The summed E-state index contributed by atoms with van der Waals surface area (Å²) in [5, 5.41) is 3.79. The van der Waals surface area contributed by atoms with Crippen LogP contribution in [0.1, 0.15) is 58.3 Å². The first-order valence-electron chi connectivity index (χ1n) is 8.28. The van der Waals surface area contributed by atoms with E-state index in [0.717, 1.165) is 23.9 Å². The molecule has 0 spiro atoms. The van der Waals surface area contributed by atoms with Gasteiger partial charge >= 0.3 is 0 Å². The van der Waals surface area contributed by atoms with E-state index in [2.05, 4.69) is 17.1 Å². The van der Waals surface area contributed by atoms with Gasteiger partial charge in [0.2, 0.25) is 0 Å². The predicted octanol–water partition coefficient (Wildman–Crippen LogP) is 3.03. The zero-order chi connectivity index (χ0) is 12.4. The summed E-state index contributed by atoms with van der Waals surface area (Å²) < 4.78 is 0. The smallest absolute Gasteiger partial charge is 0.00978 e. The molecule has 2 saturated carbocycles. The molecule has 3 aliphatic rings. The molecule has 1 saturated heterocycles. The first kappa shape index (κ1) is 12.9. The predicted molar refractivity (Wildman–Crippen MR) is 76.7 cm³/mol. The molecule has 1 heterocycles. The lowest BCUT2D eigenvalue weighted by Gasteiger charge is -2.41. The van der Waals surface area contributed by atoms with Crippen LogP contribution >= 0.6 is 0 Å². The van der Waals surface area contributed by atoms with E-state index >= 15 is 0 Å². The average molecular weight is 250 g/mol. The fraction of sp³-hybridized carbons (Fsp3) is 1.00. The Hall–Kier alpha value is -0.0800. The zero-order valence-electron chi connectivity index (χ0n) is 12.0. The van der Waals surface area contributed by atoms with E-state index in [1.54, 1.807) is 0 Å². The summed E-state index contributed by atoms with van der Waals surface area (Å²) in [7, 11) is 0. The van der Waals surface area contributed by atoms with Crippen LogP contribution in [-0.4, -0.2) is 36.6 Å². The Morgan fingerprint density at radius 1 is 1.00 bits per heavy atom. The molecule has 0 radical (unpaired) electrons. The van der Waals surface area contributed by atoms with Crippen molar-refractivity contribution in [2.24, 2.45) is 11.8 Å². The molecule has 2 atom stereocenters. The molecule has 3 rings (SSSR count). The van der Waals surface area contributed by atoms with Gasteiger partial charge in [-0.3, -0.25) is 0 Å². The van der Waals surface area contributed by atoms with Crippen LogP contribution in [0.3, 0.4) is 0 Å². The van der Waals surface area contributed by atoms with E-state index in [9.17, 15) is 0 Å². The van der Waals surface area contributed by atoms with Crippen LogP contribution in [0, 0.1) is 11.8 Å². The SMILES string of the molecule is CC1CCCC(N2CCC(NCC3CC3)CC2)C1. The highest BCUT2D eigenvalue weighted by molar-refractivity contribution is 4.86. The highest BCUT2D eigenvalue weighted by Crippen LogP contribution is 2.30. The lowest BCUT2D eigenvalue weighted by molar-refractivity contribution is 0.100. The van der Waals surface area contributed by atoms with Gasteiger partial charge < -0.3 is 10.2 Å². The zero-order valence-corrected chi connectivity index (χ0v) is 12.0. The molecule has 0 bridgehead atoms. The van der Waals surface area contributed by atoms with Gasteiger partial charge in [-0.1, -0.05) is 19.8 Å². The molecule has 1 aliphatic heterocycles. The minimum absolute atomic E-state index is 0.822. The molecular formula is C16H30N2. The molecule has 2 aliphatic carbocycles. The Kier molecular flexibility index (Phi) is 4.25. The van der Waals surface area contributed by atoms with Crippen LogP contribution in [0.4, 0.5) is 0 Å². The first-order chi connectivity index (χ1) is 8.81. The topological polar surface area (TPSA) is 15.3 Å². The molecule has 18 heavy (non-hydrogen) atoms. The average Bonchev–Trinajstić information content (AvgIpc) is 3.21. The van der Waals surface area contributed by atoms with Gasteiger partial charge in [-0.05, 0) is 70.0 Å². The lowest BCUT2D eigenvalue weighted by Crippen LogP contribution is -2.48. The van der Waals surface area contributed by atoms with Gasteiger partial charge in [0, 0.05) is 12.1 Å². The lowest BCUT2D eigenvalue weighted by atomic mass is 9.85. The Morgan fingerprint density at radius 3 is 2.44 bits per heavy atom. The van der Waals surface area contributed by atoms with Gasteiger partial charge in [-0.15, -0.1) is 0 Å². The van der Waals surface area contributed by atoms with Crippen molar-refractivity contribution in [2.45, 2.75) is 70.4 Å². The molecule has 104 valence electrons. The van der Waals surface area contributed by atoms with E-state index in [1.165, 1.54) is 71.0 Å². The van der Waals surface area contributed by atoms with E-state index < -0.39 is 0 Å². The second-order valence-electron chi connectivity index (χ2n) is 7.09. The number of nitrogens with one attached hydrogen (secondary N) is 1. The van der Waals surface area contributed by atoms with Crippen molar-refractivity contribution in [3.8, 4) is 0 Å². The van der Waals surface area contributed by atoms with E-state index in [0.29, 0.717) is 0 Å². The Bertz CT molecular complexity index is 254. The second kappa shape index (κ2) is 5.92. The summed E-state index contributed by atoms with van der Waals surface area (Å²) in [5.74, 6) is 2.00. The minimum Gasteiger partial charge on any atom is -0.314 e. The summed E-state index contributed by atoms with van der Waals surface area (Å²) in [6.07, 6.45) is 11.6. The summed E-state index contributed by atoms with van der Waals surface area (Å²) in [5.41, 5.74) is 0. The molecule has 0 amide bonds. The maximum Gasteiger partial charge on any atom is 0.00978 e. The highest BCUT2D eigenvalue weighted by atomic mass is 15.2. The third-order valence-electron chi connectivity index (χ3n) is 5.35. The van der Waals surface area contributed by atoms with Crippen LogP contribution in [-0.2, 0) is 0 Å². The summed E-state index contributed by atoms with van der Waals surface area (Å²) in [6, 6.07) is 1.74. The Labute approximate surface area is 113 Å².